The summed E-state index contributed by atoms with van der Waals surface area (Å²) in [5.74, 6) is 3.18. The number of methoxy groups -OCH3 is 1. The zero-order valence-electron chi connectivity index (χ0n) is 24.4. The van der Waals surface area contributed by atoms with Gasteiger partial charge in [-0.2, -0.15) is 0 Å². The van der Waals surface area contributed by atoms with Crippen LogP contribution in [0.2, 0.25) is 0 Å². The van der Waals surface area contributed by atoms with Gasteiger partial charge in [0.2, 0.25) is 0 Å². The molecule has 2 aromatic rings. The van der Waals surface area contributed by atoms with Crippen molar-refractivity contribution in [1.82, 2.24) is 14.9 Å². The molecular weight excluding hydrogens is 552 g/mol. The van der Waals surface area contributed by atoms with Gasteiger partial charge in [-0.15, -0.1) is 0 Å². The Bertz CT molecular complexity index is 1380. The maximum Gasteiger partial charge on any atom is 0.175 e. The van der Waals surface area contributed by atoms with Crippen LogP contribution in [-0.4, -0.2) is 80.2 Å². The van der Waals surface area contributed by atoms with E-state index < -0.39 is 0 Å². The zero-order chi connectivity index (χ0) is 29.3. The number of likely N-dealkylation sites (tertiary alicyclic amines) is 1. The Hall–Kier alpha value is -3.19. The quantitative estimate of drug-likeness (QED) is 0.154. The van der Waals surface area contributed by atoms with Crippen LogP contribution in [0.15, 0.2) is 56.3 Å². The van der Waals surface area contributed by atoms with Crippen molar-refractivity contribution in [3.8, 4) is 5.75 Å². The number of amidine groups is 1. The van der Waals surface area contributed by atoms with Gasteiger partial charge in [0.25, 0.3) is 0 Å². The van der Waals surface area contributed by atoms with Crippen molar-refractivity contribution in [3.63, 3.8) is 0 Å². The van der Waals surface area contributed by atoms with Crippen LogP contribution in [0.25, 0.3) is 0 Å². The molecule has 4 N–H and O–H groups in total. The van der Waals surface area contributed by atoms with Gasteiger partial charge in [-0.3, -0.25) is 9.98 Å². The van der Waals surface area contributed by atoms with Gasteiger partial charge in [0.1, 0.15) is 24.3 Å². The fourth-order valence-electron chi connectivity index (χ4n) is 6.85. The summed E-state index contributed by atoms with van der Waals surface area (Å²) in [5, 5.41) is 0.536. The highest BCUT2D eigenvalue weighted by atomic mass is 32.2. The van der Waals surface area contributed by atoms with Gasteiger partial charge in [-0.25, -0.2) is 9.98 Å². The van der Waals surface area contributed by atoms with Gasteiger partial charge in [0.05, 0.1) is 17.5 Å². The average Bonchev–Trinajstić information content (AvgIpc) is 3.55. The van der Waals surface area contributed by atoms with Crippen LogP contribution in [0.5, 0.6) is 5.75 Å². The van der Waals surface area contributed by atoms with Crippen LogP contribution in [0.3, 0.4) is 0 Å². The number of ether oxygens (including phenoxy) is 3. The van der Waals surface area contributed by atoms with E-state index in [1.54, 1.807) is 13.3 Å². The average molecular weight is 593 g/mol. The number of rotatable bonds is 8. The predicted octanol–water partition coefficient (Wildman–Crippen LogP) is 3.32. The van der Waals surface area contributed by atoms with Crippen LogP contribution in [0.4, 0.5) is 5.82 Å². The van der Waals surface area contributed by atoms with E-state index >= 15 is 0 Å². The molecule has 0 saturated carbocycles. The molecule has 224 valence electrons. The molecule has 0 aromatic carbocycles. The molecule has 2 aromatic heterocycles. The molecule has 6 rings (SSSR count). The summed E-state index contributed by atoms with van der Waals surface area (Å²) in [4.78, 5) is 23.8. The number of hydrogen-bond donors (Lipinski definition) is 2. The van der Waals surface area contributed by atoms with E-state index in [4.69, 9.17) is 30.7 Å². The van der Waals surface area contributed by atoms with Crippen molar-refractivity contribution in [3.05, 3.63) is 52.7 Å². The Kier molecular flexibility index (Phi) is 8.39. The number of anilines is 1. The van der Waals surface area contributed by atoms with Crippen LogP contribution in [0.1, 0.15) is 43.5 Å². The van der Waals surface area contributed by atoms with Crippen LogP contribution < -0.4 is 21.1 Å². The molecule has 1 unspecified atom stereocenters. The van der Waals surface area contributed by atoms with Crippen molar-refractivity contribution in [2.75, 3.05) is 51.7 Å². The Balaban J connectivity index is 1.13. The van der Waals surface area contributed by atoms with E-state index in [0.717, 1.165) is 73.3 Å². The van der Waals surface area contributed by atoms with Crippen molar-refractivity contribution >= 4 is 30.1 Å². The second kappa shape index (κ2) is 12.2. The lowest BCUT2D eigenvalue weighted by atomic mass is 9.73. The second-order valence-corrected chi connectivity index (χ2v) is 12.6. The summed E-state index contributed by atoms with van der Waals surface area (Å²) in [6.07, 6.45) is 7.58. The van der Waals surface area contributed by atoms with E-state index in [2.05, 4.69) is 37.5 Å². The Morgan fingerprint density at radius 2 is 2.10 bits per heavy atom. The first-order valence-corrected chi connectivity index (χ1v) is 15.3. The summed E-state index contributed by atoms with van der Waals surface area (Å²) >= 11 is 1.40. The van der Waals surface area contributed by atoms with E-state index in [1.165, 1.54) is 17.3 Å². The number of fused-ring (bicyclic) bond motifs is 4. The van der Waals surface area contributed by atoms with E-state index in [9.17, 15) is 0 Å². The molecule has 3 atom stereocenters. The van der Waals surface area contributed by atoms with Crippen molar-refractivity contribution in [2.45, 2.75) is 49.6 Å². The van der Waals surface area contributed by atoms with Gasteiger partial charge in [-0.1, -0.05) is 17.8 Å². The molecule has 12 heteroatoms. The Morgan fingerprint density at radius 3 is 2.86 bits per heavy atom. The third-order valence-electron chi connectivity index (χ3n) is 9.11. The monoisotopic (exact) mass is 592 g/mol. The molecule has 0 radical (unpaired) electrons. The number of hydrogen-bond acceptors (Lipinski definition) is 11. The second-order valence-electron chi connectivity index (χ2n) is 11.6. The minimum Gasteiger partial charge on any atom is -0.486 e. The van der Waals surface area contributed by atoms with Crippen molar-refractivity contribution in [1.29, 1.82) is 0 Å². The van der Waals surface area contributed by atoms with Crippen molar-refractivity contribution < 1.29 is 14.2 Å². The highest BCUT2D eigenvalue weighted by molar-refractivity contribution is 8.03. The number of nitrogens with two attached hydrogens (primary N) is 2. The van der Waals surface area contributed by atoms with Gasteiger partial charge >= 0.3 is 0 Å². The number of pyridine rings is 2. The molecule has 0 bridgehead atoms. The third-order valence-corrected chi connectivity index (χ3v) is 10.2. The Morgan fingerprint density at radius 1 is 1.26 bits per heavy atom. The summed E-state index contributed by atoms with van der Waals surface area (Å²) in [5.41, 5.74) is 15.6. The molecule has 1 aliphatic carbocycles. The van der Waals surface area contributed by atoms with E-state index in [1.807, 2.05) is 25.3 Å². The van der Waals surface area contributed by atoms with Gasteiger partial charge in [-0.05, 0) is 62.4 Å². The molecular formula is C30H40N8O3S. The largest absolute Gasteiger partial charge is 0.486 e. The highest BCUT2D eigenvalue weighted by Gasteiger charge is 2.46. The molecule has 4 aliphatic rings. The molecule has 11 nitrogen and oxygen atoms in total. The molecule has 3 aliphatic heterocycles. The molecule has 42 heavy (non-hydrogen) atoms. The number of piperidine rings is 1. The molecule has 2 saturated heterocycles. The van der Waals surface area contributed by atoms with E-state index in [-0.39, 0.29) is 17.5 Å². The highest BCUT2D eigenvalue weighted by Crippen LogP contribution is 2.50. The summed E-state index contributed by atoms with van der Waals surface area (Å²) in [6, 6.07) is 6.33. The van der Waals surface area contributed by atoms with Gasteiger partial charge in [0.15, 0.2) is 17.4 Å². The van der Waals surface area contributed by atoms with Gasteiger partial charge < -0.3 is 35.5 Å². The normalized spacial score (nSPS) is 25.0. The summed E-state index contributed by atoms with van der Waals surface area (Å²) in [7, 11) is 1.64. The van der Waals surface area contributed by atoms with Crippen LogP contribution in [0, 0.1) is 11.3 Å². The minimum atomic E-state index is 0.0257. The molecule has 0 amide bonds. The number of thioether (sulfide) groups is 1. The first kappa shape index (κ1) is 28.9. The molecule has 2 fully saturated rings. The smallest absolute Gasteiger partial charge is 0.175 e. The van der Waals surface area contributed by atoms with Crippen molar-refractivity contribution in [2.24, 2.45) is 32.8 Å². The standard InChI is InChI=1S/C30H40N8O3S/c1-19(37-11-7-30(8-12-37)14-23-22(26(30)31)5-4-9-34-23)36-27(32)29(33-2)42-24-6-10-35-28-25(24)41-17-21-13-20(15-38(21)28)16-40-18-39-3/h4-6,9-10,20-21,26H,2,7-8,11-18,31-32H2,1,3H3/b29-27+,36-19?/t20?,21-,26+/m0/s1. The fraction of sp³-hybridized carbons (Fsp3) is 0.533. The van der Waals surface area contributed by atoms with E-state index in [0.29, 0.717) is 36.8 Å². The lowest BCUT2D eigenvalue weighted by Crippen LogP contribution is -2.46. The predicted molar refractivity (Wildman–Crippen MR) is 165 cm³/mol. The molecule has 1 spiro atoms. The summed E-state index contributed by atoms with van der Waals surface area (Å²) in [6.45, 7) is 9.94. The summed E-state index contributed by atoms with van der Waals surface area (Å²) < 4.78 is 16.9. The maximum atomic E-state index is 6.73. The third kappa shape index (κ3) is 5.48. The number of aromatic nitrogens is 2. The van der Waals surface area contributed by atoms with Crippen LogP contribution in [-0.2, 0) is 15.9 Å². The fourth-order valence-corrected chi connectivity index (χ4v) is 7.65. The Labute approximate surface area is 251 Å². The lowest BCUT2D eigenvalue weighted by molar-refractivity contribution is -0.0414. The maximum absolute atomic E-state index is 6.73. The van der Waals surface area contributed by atoms with Crippen LogP contribution >= 0.6 is 11.8 Å². The minimum absolute atomic E-state index is 0.0257. The zero-order valence-corrected chi connectivity index (χ0v) is 25.2. The molecule has 5 heterocycles. The number of nitrogens with zero attached hydrogens (tertiary/aromatic N) is 6. The first-order valence-electron chi connectivity index (χ1n) is 14.5. The first-order chi connectivity index (χ1) is 20.4. The lowest BCUT2D eigenvalue weighted by Gasteiger charge is -2.42. The number of aliphatic imine (C=N–C) groups is 2. The topological polar surface area (TPSA) is 137 Å². The van der Waals surface area contributed by atoms with Gasteiger partial charge in [0, 0.05) is 56.8 Å². The SMILES string of the molecule is C=N/C(Sc1ccnc2c1OC[C@@H]1CC(COCOC)CN21)=C(/N)N=C(C)N1CCC2(CC1)Cc1ncccc1[C@H]2N.